The number of aromatic nitrogens is 1. The molecule has 2 aromatic rings. The lowest BCUT2D eigenvalue weighted by Gasteiger charge is -2.08. The summed E-state index contributed by atoms with van der Waals surface area (Å²) in [4.78, 5) is 11.8. The van der Waals surface area contributed by atoms with Crippen LogP contribution in [0.25, 0.3) is 0 Å². The molecule has 18 heavy (non-hydrogen) atoms. The topological polar surface area (TPSA) is 48.0 Å². The van der Waals surface area contributed by atoms with Gasteiger partial charge in [-0.15, -0.1) is 0 Å². The molecule has 0 saturated carbocycles. The molecule has 0 aliphatic rings. The van der Waals surface area contributed by atoms with E-state index in [1.165, 1.54) is 29.0 Å². The minimum absolute atomic E-state index is 0.0310. The summed E-state index contributed by atoms with van der Waals surface area (Å²) in [5, 5.41) is 0.0310. The van der Waals surface area contributed by atoms with Crippen molar-refractivity contribution in [3.63, 3.8) is 0 Å². The number of nitrogens with zero attached hydrogens (tertiary/aromatic N) is 1. The standard InChI is InChI=1S/C12H9BrClFN2O/c13-9-4-8(16)6-17(12(9)18)5-7-1-2-11(15)10(14)3-7/h1-4,6H,5,16H2. The monoisotopic (exact) mass is 330 g/mol. The molecule has 0 atom stereocenters. The molecule has 0 bridgehead atoms. The van der Waals surface area contributed by atoms with Gasteiger partial charge in [0.1, 0.15) is 5.82 Å². The van der Waals surface area contributed by atoms with Crippen molar-refractivity contribution in [3.8, 4) is 0 Å². The largest absolute Gasteiger partial charge is 0.398 e. The number of nitrogens with two attached hydrogens (primary N) is 1. The maximum absolute atomic E-state index is 13.0. The highest BCUT2D eigenvalue weighted by atomic mass is 79.9. The molecule has 2 rings (SSSR count). The molecule has 2 N–H and O–H groups in total. The molecule has 0 saturated heterocycles. The van der Waals surface area contributed by atoms with E-state index < -0.39 is 5.82 Å². The third-order valence-corrected chi connectivity index (χ3v) is 3.26. The predicted molar refractivity (Wildman–Crippen MR) is 73.3 cm³/mol. The van der Waals surface area contributed by atoms with Gasteiger partial charge in [0.05, 0.1) is 16.0 Å². The van der Waals surface area contributed by atoms with E-state index in [0.717, 1.165) is 5.56 Å². The van der Waals surface area contributed by atoms with E-state index in [1.807, 2.05) is 0 Å². The van der Waals surface area contributed by atoms with Gasteiger partial charge in [-0.3, -0.25) is 4.79 Å². The fourth-order valence-electron chi connectivity index (χ4n) is 1.57. The molecule has 0 amide bonds. The van der Waals surface area contributed by atoms with E-state index in [2.05, 4.69) is 15.9 Å². The number of rotatable bonds is 2. The third-order valence-electron chi connectivity index (χ3n) is 2.40. The van der Waals surface area contributed by atoms with Crippen molar-refractivity contribution in [2.45, 2.75) is 6.54 Å². The molecule has 0 spiro atoms. The van der Waals surface area contributed by atoms with Crippen LogP contribution in [0.3, 0.4) is 0 Å². The van der Waals surface area contributed by atoms with Gasteiger partial charge in [0, 0.05) is 11.9 Å². The van der Waals surface area contributed by atoms with Crippen molar-refractivity contribution < 1.29 is 4.39 Å². The average molecular weight is 332 g/mol. The van der Waals surface area contributed by atoms with Crippen LogP contribution in [-0.4, -0.2) is 4.57 Å². The summed E-state index contributed by atoms with van der Waals surface area (Å²) in [7, 11) is 0. The van der Waals surface area contributed by atoms with Gasteiger partial charge in [0.2, 0.25) is 0 Å². The second-order valence-corrected chi connectivity index (χ2v) is 5.06. The van der Waals surface area contributed by atoms with Crippen LogP contribution in [0.4, 0.5) is 10.1 Å². The first-order valence-electron chi connectivity index (χ1n) is 5.07. The number of hydrogen-bond donors (Lipinski definition) is 1. The Bertz CT molecular complexity index is 657. The van der Waals surface area contributed by atoms with Crippen molar-refractivity contribution in [1.82, 2.24) is 4.57 Å². The number of hydrogen-bond acceptors (Lipinski definition) is 2. The van der Waals surface area contributed by atoms with E-state index in [9.17, 15) is 9.18 Å². The molecule has 0 aliphatic carbocycles. The zero-order chi connectivity index (χ0) is 13.3. The number of halogens is 3. The molecule has 1 aromatic heterocycles. The Kier molecular flexibility index (Phi) is 3.73. The van der Waals surface area contributed by atoms with Gasteiger partial charge in [-0.05, 0) is 39.7 Å². The van der Waals surface area contributed by atoms with Crippen molar-refractivity contribution in [3.05, 3.63) is 61.7 Å². The Balaban J connectivity index is 2.40. The Hall–Kier alpha value is -1.33. The van der Waals surface area contributed by atoms with Crippen LogP contribution in [0.5, 0.6) is 0 Å². The van der Waals surface area contributed by atoms with Gasteiger partial charge in [0.25, 0.3) is 5.56 Å². The SMILES string of the molecule is Nc1cc(Br)c(=O)n(Cc2ccc(F)c(Cl)c2)c1. The van der Waals surface area contributed by atoms with Gasteiger partial charge in [-0.25, -0.2) is 4.39 Å². The van der Waals surface area contributed by atoms with Crippen LogP contribution < -0.4 is 11.3 Å². The highest BCUT2D eigenvalue weighted by Crippen LogP contribution is 2.17. The first kappa shape index (κ1) is 13.1. The maximum Gasteiger partial charge on any atom is 0.265 e. The fourth-order valence-corrected chi connectivity index (χ4v) is 2.27. The second-order valence-electron chi connectivity index (χ2n) is 3.80. The summed E-state index contributed by atoms with van der Waals surface area (Å²) in [6, 6.07) is 5.87. The summed E-state index contributed by atoms with van der Waals surface area (Å²) in [5.41, 5.74) is 6.65. The van der Waals surface area contributed by atoms with E-state index in [1.54, 1.807) is 6.07 Å². The molecule has 3 nitrogen and oxygen atoms in total. The molecular weight excluding hydrogens is 322 g/mol. The van der Waals surface area contributed by atoms with Gasteiger partial charge in [-0.1, -0.05) is 17.7 Å². The van der Waals surface area contributed by atoms with Gasteiger partial charge in [-0.2, -0.15) is 0 Å². The molecule has 0 aliphatic heterocycles. The zero-order valence-electron chi connectivity index (χ0n) is 9.16. The molecule has 94 valence electrons. The van der Waals surface area contributed by atoms with Crippen LogP contribution in [-0.2, 0) is 6.54 Å². The van der Waals surface area contributed by atoms with E-state index in [0.29, 0.717) is 10.2 Å². The lowest BCUT2D eigenvalue weighted by Crippen LogP contribution is -2.21. The molecular formula is C12H9BrClFN2O. The van der Waals surface area contributed by atoms with E-state index in [4.69, 9.17) is 17.3 Å². The molecule has 0 unspecified atom stereocenters. The Morgan fingerprint density at radius 2 is 2.11 bits per heavy atom. The quantitative estimate of drug-likeness (QED) is 0.919. The van der Waals surface area contributed by atoms with Crippen molar-refractivity contribution in [2.24, 2.45) is 0 Å². The highest BCUT2D eigenvalue weighted by molar-refractivity contribution is 9.10. The lowest BCUT2D eigenvalue weighted by atomic mass is 10.2. The van der Waals surface area contributed by atoms with Crippen LogP contribution in [0.1, 0.15) is 5.56 Å². The Labute approximate surface area is 116 Å². The molecule has 0 radical (unpaired) electrons. The van der Waals surface area contributed by atoms with Crippen molar-refractivity contribution in [1.29, 1.82) is 0 Å². The maximum atomic E-state index is 13.0. The van der Waals surface area contributed by atoms with Crippen molar-refractivity contribution >= 4 is 33.2 Å². The predicted octanol–water partition coefficient (Wildman–Crippen LogP) is 3.03. The molecule has 0 fully saturated rings. The molecule has 1 aromatic carbocycles. The molecule has 1 heterocycles. The summed E-state index contributed by atoms with van der Waals surface area (Å²) in [6.07, 6.45) is 1.53. The number of pyridine rings is 1. The van der Waals surface area contributed by atoms with E-state index in [-0.39, 0.29) is 17.1 Å². The summed E-state index contributed by atoms with van der Waals surface area (Å²) >= 11 is 8.82. The Morgan fingerprint density at radius 3 is 2.78 bits per heavy atom. The first-order valence-corrected chi connectivity index (χ1v) is 6.24. The summed E-state index contributed by atoms with van der Waals surface area (Å²) in [6.45, 7) is 0.280. The van der Waals surface area contributed by atoms with Crippen LogP contribution in [0.2, 0.25) is 5.02 Å². The summed E-state index contributed by atoms with van der Waals surface area (Å²) < 4.78 is 14.8. The Morgan fingerprint density at radius 1 is 1.39 bits per heavy atom. The van der Waals surface area contributed by atoms with Crippen molar-refractivity contribution in [2.75, 3.05) is 5.73 Å². The second kappa shape index (κ2) is 5.12. The smallest absolute Gasteiger partial charge is 0.265 e. The number of benzene rings is 1. The van der Waals surface area contributed by atoms with Crippen LogP contribution in [0, 0.1) is 5.82 Å². The number of anilines is 1. The summed E-state index contributed by atoms with van der Waals surface area (Å²) in [5.74, 6) is -0.485. The normalized spacial score (nSPS) is 10.6. The third kappa shape index (κ3) is 2.73. The molecule has 6 heteroatoms. The minimum atomic E-state index is -0.485. The lowest BCUT2D eigenvalue weighted by molar-refractivity contribution is 0.626. The average Bonchev–Trinajstić information content (AvgIpc) is 2.30. The fraction of sp³-hybridized carbons (Fsp3) is 0.0833. The highest BCUT2D eigenvalue weighted by Gasteiger charge is 2.06. The van der Waals surface area contributed by atoms with Gasteiger partial charge in [0.15, 0.2) is 0 Å². The van der Waals surface area contributed by atoms with Gasteiger partial charge < -0.3 is 10.3 Å². The zero-order valence-corrected chi connectivity index (χ0v) is 11.5. The number of nitrogen functional groups attached to an aromatic ring is 1. The van der Waals surface area contributed by atoms with E-state index >= 15 is 0 Å². The van der Waals surface area contributed by atoms with Crippen LogP contribution >= 0.6 is 27.5 Å². The first-order chi connectivity index (χ1) is 8.47. The van der Waals surface area contributed by atoms with Crippen LogP contribution in [0.15, 0.2) is 39.7 Å². The minimum Gasteiger partial charge on any atom is -0.398 e. The van der Waals surface area contributed by atoms with Gasteiger partial charge >= 0.3 is 0 Å².